The maximum absolute atomic E-state index is 8.11. The molecule has 0 aromatic carbocycles. The number of rotatable bonds is 1. The fourth-order valence-electron chi connectivity index (χ4n) is 0. The normalized spacial score (nSPS) is 13.5. The van der Waals surface area contributed by atoms with Crippen LogP contribution in [0.3, 0.4) is 0 Å². The summed E-state index contributed by atoms with van der Waals surface area (Å²) in [6.07, 6.45) is -0.560. The summed E-state index contributed by atoms with van der Waals surface area (Å²) in [5.41, 5.74) is 5.35. The lowest BCUT2D eigenvalue weighted by Crippen LogP contribution is -2.26. The summed E-state index contributed by atoms with van der Waals surface area (Å²) < 4.78 is 0. The van der Waals surface area contributed by atoms with Gasteiger partial charge < -0.3 is 15.9 Å². The summed E-state index contributed by atoms with van der Waals surface area (Å²) in [4.78, 5) is 0. The van der Waals surface area contributed by atoms with Crippen molar-refractivity contribution in [3.8, 4) is 0 Å². The van der Waals surface area contributed by atoms with E-state index in [1.807, 2.05) is 20.8 Å². The third kappa shape index (κ3) is 106. The van der Waals surface area contributed by atoms with Gasteiger partial charge in [-0.05, 0) is 27.7 Å². The van der Waals surface area contributed by atoms with Crippen molar-refractivity contribution in [3.05, 3.63) is 0 Å². The molecule has 0 aliphatic carbocycles. The van der Waals surface area contributed by atoms with E-state index in [9.17, 15) is 0 Å². The quantitative estimate of drug-likeness (QED) is 0.495. The van der Waals surface area contributed by atoms with Crippen LogP contribution in [0.15, 0.2) is 0 Å². The van der Waals surface area contributed by atoms with Crippen LogP contribution < -0.4 is 5.73 Å². The summed E-state index contributed by atoms with van der Waals surface area (Å²) in [7, 11) is 0. The number of hydrogen-bond acceptors (Lipinski definition) is 3. The highest BCUT2D eigenvalue weighted by molar-refractivity contribution is 4.60. The summed E-state index contributed by atoms with van der Waals surface area (Å²) >= 11 is 0. The Morgan fingerprint density at radius 2 is 1.50 bits per heavy atom. The van der Waals surface area contributed by atoms with Crippen molar-refractivity contribution in [2.75, 3.05) is 6.61 Å². The van der Waals surface area contributed by atoms with Gasteiger partial charge in [-0.15, -0.1) is 0 Å². The number of nitrogens with two attached hydrogens (primary N) is 1. The van der Waals surface area contributed by atoms with Crippen LogP contribution in [0.2, 0.25) is 0 Å². The fraction of sp³-hybridized carbons (Fsp3) is 1.00. The molecule has 0 heterocycles. The first-order chi connectivity index (χ1) is 4.27. The summed E-state index contributed by atoms with van der Waals surface area (Å²) in [6, 6.07) is 0. The molecule has 0 spiro atoms. The second-order valence-corrected chi connectivity index (χ2v) is 3.40. The molecule has 0 amide bonds. The third-order valence-corrected chi connectivity index (χ3v) is 0.264. The molecule has 10 heavy (non-hydrogen) atoms. The Bertz CT molecular complexity index is 60.5. The Kier molecular flexibility index (Phi) is 7.09. The van der Waals surface area contributed by atoms with E-state index in [0.29, 0.717) is 0 Å². The number of hydrogen-bond donors (Lipinski definition) is 3. The Morgan fingerprint density at radius 3 is 1.50 bits per heavy atom. The number of aliphatic hydroxyl groups is 2. The average Bonchev–Trinajstić information content (AvgIpc) is 1.61. The van der Waals surface area contributed by atoms with Crippen LogP contribution in [0.4, 0.5) is 0 Å². The van der Waals surface area contributed by atoms with Gasteiger partial charge in [-0.25, -0.2) is 0 Å². The highest BCUT2D eigenvalue weighted by Gasteiger charge is 1.95. The third-order valence-electron chi connectivity index (χ3n) is 0.264. The molecule has 0 saturated carbocycles. The zero-order valence-electron chi connectivity index (χ0n) is 7.26. The van der Waals surface area contributed by atoms with Crippen molar-refractivity contribution in [1.29, 1.82) is 0 Å². The fourth-order valence-corrected chi connectivity index (χ4v) is 0. The molecule has 0 radical (unpaired) electrons. The van der Waals surface area contributed by atoms with Crippen LogP contribution in [-0.2, 0) is 0 Å². The van der Waals surface area contributed by atoms with Crippen molar-refractivity contribution >= 4 is 0 Å². The van der Waals surface area contributed by atoms with Gasteiger partial charge in [0.05, 0.1) is 12.7 Å². The molecular weight excluding hydrogens is 130 g/mol. The standard InChI is InChI=1S/C4H11N.C3H8O2/c1-4(2,3)5;1-3(5)2-4/h5H2,1-3H3;3-5H,2H2,1H3. The molecule has 3 nitrogen and oxygen atoms in total. The predicted molar refractivity (Wildman–Crippen MR) is 42.7 cm³/mol. The lowest BCUT2D eigenvalue weighted by Gasteiger charge is -2.06. The predicted octanol–water partition coefficient (Wildman–Crippen LogP) is 0.103. The van der Waals surface area contributed by atoms with E-state index in [2.05, 4.69) is 0 Å². The minimum atomic E-state index is -0.560. The lowest BCUT2D eigenvalue weighted by atomic mass is 10.1. The zero-order chi connectivity index (χ0) is 8.78. The van der Waals surface area contributed by atoms with Crippen molar-refractivity contribution in [1.82, 2.24) is 0 Å². The topological polar surface area (TPSA) is 66.5 Å². The van der Waals surface area contributed by atoms with Crippen molar-refractivity contribution in [3.63, 3.8) is 0 Å². The molecule has 1 unspecified atom stereocenters. The van der Waals surface area contributed by atoms with Gasteiger partial charge in [0.15, 0.2) is 0 Å². The first kappa shape index (κ1) is 12.5. The molecule has 3 heteroatoms. The average molecular weight is 149 g/mol. The van der Waals surface area contributed by atoms with Crippen LogP contribution in [0.25, 0.3) is 0 Å². The Labute approximate surface area is 62.9 Å². The maximum Gasteiger partial charge on any atom is 0.0742 e. The zero-order valence-corrected chi connectivity index (χ0v) is 7.26. The van der Waals surface area contributed by atoms with Gasteiger partial charge in [-0.2, -0.15) is 0 Å². The molecule has 0 aromatic heterocycles. The van der Waals surface area contributed by atoms with Crippen molar-refractivity contribution in [2.24, 2.45) is 5.73 Å². The summed E-state index contributed by atoms with van der Waals surface area (Å²) in [5, 5.41) is 16.0. The first-order valence-electron chi connectivity index (χ1n) is 3.35. The second-order valence-electron chi connectivity index (χ2n) is 3.40. The Balaban J connectivity index is 0. The van der Waals surface area contributed by atoms with Gasteiger partial charge in [-0.1, -0.05) is 0 Å². The van der Waals surface area contributed by atoms with Gasteiger partial charge in [0.1, 0.15) is 0 Å². The molecule has 0 aliphatic heterocycles. The van der Waals surface area contributed by atoms with E-state index in [0.717, 1.165) is 0 Å². The van der Waals surface area contributed by atoms with E-state index in [1.165, 1.54) is 6.92 Å². The maximum atomic E-state index is 8.11. The smallest absolute Gasteiger partial charge is 0.0742 e. The largest absolute Gasteiger partial charge is 0.394 e. The molecule has 0 aliphatic rings. The van der Waals surface area contributed by atoms with E-state index in [-0.39, 0.29) is 12.1 Å². The molecule has 64 valence electrons. The van der Waals surface area contributed by atoms with Crippen LogP contribution in [0.5, 0.6) is 0 Å². The molecule has 1 atom stereocenters. The SMILES string of the molecule is CC(C)(C)N.CC(O)CO. The number of aliphatic hydroxyl groups excluding tert-OH is 2. The molecule has 0 aromatic rings. The van der Waals surface area contributed by atoms with Crippen molar-refractivity contribution < 1.29 is 10.2 Å². The minimum absolute atomic E-state index is 0. The monoisotopic (exact) mass is 149 g/mol. The highest BCUT2D eigenvalue weighted by atomic mass is 16.3. The first-order valence-corrected chi connectivity index (χ1v) is 3.35. The van der Waals surface area contributed by atoms with Gasteiger partial charge in [0.25, 0.3) is 0 Å². The van der Waals surface area contributed by atoms with Gasteiger partial charge >= 0.3 is 0 Å². The minimum Gasteiger partial charge on any atom is -0.394 e. The van der Waals surface area contributed by atoms with Gasteiger partial charge in [-0.3, -0.25) is 0 Å². The van der Waals surface area contributed by atoms with Crippen LogP contribution in [0, 0.1) is 0 Å². The van der Waals surface area contributed by atoms with E-state index in [1.54, 1.807) is 0 Å². The van der Waals surface area contributed by atoms with Crippen LogP contribution in [0.1, 0.15) is 27.7 Å². The molecule has 0 bridgehead atoms. The van der Waals surface area contributed by atoms with E-state index >= 15 is 0 Å². The molecule has 0 fully saturated rings. The van der Waals surface area contributed by atoms with Crippen LogP contribution in [-0.4, -0.2) is 28.5 Å². The summed E-state index contributed by atoms with van der Waals surface area (Å²) in [6.45, 7) is 7.28. The molecular formula is C7H19NO2. The van der Waals surface area contributed by atoms with Crippen LogP contribution >= 0.6 is 0 Å². The molecule has 0 saturated heterocycles. The highest BCUT2D eigenvalue weighted by Crippen LogP contribution is 1.88. The second kappa shape index (κ2) is 5.65. The molecule has 4 N–H and O–H groups in total. The van der Waals surface area contributed by atoms with Gasteiger partial charge in [0, 0.05) is 5.54 Å². The van der Waals surface area contributed by atoms with E-state index < -0.39 is 6.10 Å². The Morgan fingerprint density at radius 1 is 1.40 bits per heavy atom. The lowest BCUT2D eigenvalue weighted by molar-refractivity contribution is 0.110. The summed E-state index contributed by atoms with van der Waals surface area (Å²) in [5.74, 6) is 0. The van der Waals surface area contributed by atoms with E-state index in [4.69, 9.17) is 15.9 Å². The van der Waals surface area contributed by atoms with Crippen molar-refractivity contribution in [2.45, 2.75) is 39.3 Å². The Hall–Kier alpha value is -0.120. The molecule has 0 rings (SSSR count). The van der Waals surface area contributed by atoms with Gasteiger partial charge in [0.2, 0.25) is 0 Å².